The van der Waals surface area contributed by atoms with Crippen LogP contribution in [0.25, 0.3) is 0 Å². The number of hydrogen-bond donors (Lipinski definition) is 2. The minimum atomic E-state index is 0.512. The maximum Gasteiger partial charge on any atom is 0.198 e. The molecule has 1 aliphatic rings. The Kier molecular flexibility index (Phi) is 3.11. The van der Waals surface area contributed by atoms with Gasteiger partial charge in [0.15, 0.2) is 5.95 Å². The molecule has 0 aliphatic heterocycles. The van der Waals surface area contributed by atoms with Gasteiger partial charge < -0.3 is 10.7 Å². The number of hydrogen-bond acceptors (Lipinski definition) is 2. The van der Waals surface area contributed by atoms with Crippen molar-refractivity contribution >= 4 is 21.9 Å². The van der Waals surface area contributed by atoms with E-state index in [2.05, 4.69) is 25.9 Å². The van der Waals surface area contributed by atoms with Crippen molar-refractivity contribution in [2.45, 2.75) is 38.5 Å². The largest absolute Gasteiger partial charge is 0.369 e. The molecule has 3 N–H and O–H groups in total. The van der Waals surface area contributed by atoms with E-state index in [4.69, 9.17) is 5.73 Å². The minimum Gasteiger partial charge on any atom is -0.369 e. The summed E-state index contributed by atoms with van der Waals surface area (Å²) < 4.78 is 0.882. The maximum atomic E-state index is 5.57. The number of nitrogens with one attached hydrogen (secondary N) is 1. The third-order valence-electron chi connectivity index (χ3n) is 3.02. The Balaban J connectivity index is 1.87. The molecule has 0 bridgehead atoms. The Morgan fingerprint density at radius 2 is 2.14 bits per heavy atom. The second-order valence-corrected chi connectivity index (χ2v) is 4.83. The topological polar surface area (TPSA) is 54.7 Å². The molecule has 0 radical (unpaired) electrons. The van der Waals surface area contributed by atoms with Crippen molar-refractivity contribution in [3.63, 3.8) is 0 Å². The van der Waals surface area contributed by atoms with Crippen molar-refractivity contribution in [3.8, 4) is 0 Å². The summed E-state index contributed by atoms with van der Waals surface area (Å²) >= 11 is 3.40. The van der Waals surface area contributed by atoms with E-state index < -0.39 is 0 Å². The first-order valence-electron chi connectivity index (χ1n) is 5.25. The van der Waals surface area contributed by atoms with E-state index in [9.17, 15) is 0 Å². The van der Waals surface area contributed by atoms with Crippen LogP contribution in [0, 0.1) is 5.92 Å². The molecule has 78 valence electrons. The van der Waals surface area contributed by atoms with Gasteiger partial charge in [-0.1, -0.05) is 25.7 Å². The van der Waals surface area contributed by atoms with Crippen LogP contribution in [0.1, 0.15) is 37.8 Å². The number of nitrogens with two attached hydrogens (primary N) is 1. The summed E-state index contributed by atoms with van der Waals surface area (Å²) in [7, 11) is 0. The molecule has 1 fully saturated rings. The Morgan fingerprint density at radius 3 is 2.71 bits per heavy atom. The average Bonchev–Trinajstić information content (AvgIpc) is 2.72. The van der Waals surface area contributed by atoms with Crippen LogP contribution in [-0.2, 0) is 6.42 Å². The number of aryl methyl sites for hydroxylation is 1. The van der Waals surface area contributed by atoms with Gasteiger partial charge >= 0.3 is 0 Å². The highest BCUT2D eigenvalue weighted by molar-refractivity contribution is 9.10. The molecule has 0 amide bonds. The first kappa shape index (κ1) is 10.0. The molecule has 0 aromatic carbocycles. The molecule has 0 spiro atoms. The van der Waals surface area contributed by atoms with Gasteiger partial charge in [-0.15, -0.1) is 0 Å². The summed E-state index contributed by atoms with van der Waals surface area (Å²) in [6, 6.07) is 0. The lowest BCUT2D eigenvalue weighted by Crippen LogP contribution is -1.97. The van der Waals surface area contributed by atoms with Crippen molar-refractivity contribution < 1.29 is 0 Å². The number of aromatic nitrogens is 2. The van der Waals surface area contributed by atoms with Gasteiger partial charge in [-0.25, -0.2) is 4.98 Å². The minimum absolute atomic E-state index is 0.512. The molecule has 0 atom stereocenters. The Morgan fingerprint density at radius 1 is 1.43 bits per heavy atom. The average molecular weight is 258 g/mol. The highest BCUT2D eigenvalue weighted by atomic mass is 79.9. The number of rotatable bonds is 3. The molecule has 1 aromatic heterocycles. The molecule has 0 unspecified atom stereocenters. The van der Waals surface area contributed by atoms with Crippen molar-refractivity contribution in [2.24, 2.45) is 5.92 Å². The van der Waals surface area contributed by atoms with Crippen molar-refractivity contribution in [1.29, 1.82) is 0 Å². The third kappa shape index (κ3) is 2.29. The monoisotopic (exact) mass is 257 g/mol. The Hall–Kier alpha value is -0.510. The van der Waals surface area contributed by atoms with E-state index in [1.165, 1.54) is 32.1 Å². The zero-order valence-corrected chi connectivity index (χ0v) is 9.81. The second kappa shape index (κ2) is 4.34. The normalized spacial score (nSPS) is 17.8. The zero-order chi connectivity index (χ0) is 9.97. The quantitative estimate of drug-likeness (QED) is 0.875. The second-order valence-electron chi connectivity index (χ2n) is 4.08. The van der Waals surface area contributed by atoms with Crippen LogP contribution in [0.2, 0.25) is 0 Å². The third-order valence-corrected chi connectivity index (χ3v) is 3.68. The summed E-state index contributed by atoms with van der Waals surface area (Å²) in [6.07, 6.45) is 7.96. The van der Waals surface area contributed by atoms with Crippen LogP contribution in [0.3, 0.4) is 0 Å². The lowest BCUT2D eigenvalue weighted by atomic mass is 10.0. The summed E-state index contributed by atoms with van der Waals surface area (Å²) in [5.41, 5.74) is 6.71. The zero-order valence-electron chi connectivity index (χ0n) is 8.22. The fourth-order valence-electron chi connectivity index (χ4n) is 2.22. The van der Waals surface area contributed by atoms with Gasteiger partial charge in [0.1, 0.15) is 4.60 Å². The molecule has 14 heavy (non-hydrogen) atoms. The molecule has 2 rings (SSSR count). The van der Waals surface area contributed by atoms with Crippen LogP contribution >= 0.6 is 15.9 Å². The highest BCUT2D eigenvalue weighted by Gasteiger charge is 2.16. The maximum absolute atomic E-state index is 5.57. The van der Waals surface area contributed by atoms with Crippen LogP contribution in [-0.4, -0.2) is 9.97 Å². The number of nitrogen functional groups attached to an aromatic ring is 1. The molecule has 1 saturated carbocycles. The first-order chi connectivity index (χ1) is 6.75. The number of aromatic amines is 1. The molecule has 1 aliphatic carbocycles. The van der Waals surface area contributed by atoms with Crippen molar-refractivity contribution in [1.82, 2.24) is 9.97 Å². The van der Waals surface area contributed by atoms with E-state index in [1.54, 1.807) is 0 Å². The molecule has 1 heterocycles. The van der Waals surface area contributed by atoms with Crippen LogP contribution < -0.4 is 5.73 Å². The van der Waals surface area contributed by atoms with E-state index in [0.717, 1.165) is 22.6 Å². The van der Waals surface area contributed by atoms with Gasteiger partial charge in [0.2, 0.25) is 0 Å². The summed E-state index contributed by atoms with van der Waals surface area (Å²) in [4.78, 5) is 7.18. The number of halogens is 1. The molecular weight excluding hydrogens is 242 g/mol. The Bertz CT molecular complexity index is 302. The standard InChI is InChI=1S/C10H16BrN3/c11-9-8(13-10(12)14-9)6-5-7-3-1-2-4-7/h7H,1-6H2,(H3,12,13,14). The molecule has 4 heteroatoms. The smallest absolute Gasteiger partial charge is 0.198 e. The van der Waals surface area contributed by atoms with Gasteiger partial charge in [0.05, 0.1) is 5.69 Å². The number of anilines is 1. The van der Waals surface area contributed by atoms with Gasteiger partial charge in [0, 0.05) is 0 Å². The lowest BCUT2D eigenvalue weighted by molar-refractivity contribution is 0.501. The fourth-order valence-corrected chi connectivity index (χ4v) is 2.71. The number of imidazole rings is 1. The van der Waals surface area contributed by atoms with Gasteiger partial charge in [0.25, 0.3) is 0 Å². The van der Waals surface area contributed by atoms with Crippen molar-refractivity contribution in [2.75, 3.05) is 5.73 Å². The molecular formula is C10H16BrN3. The summed E-state index contributed by atoms with van der Waals surface area (Å²) in [6.45, 7) is 0. The highest BCUT2D eigenvalue weighted by Crippen LogP contribution is 2.29. The predicted octanol–water partition coefficient (Wildman–Crippen LogP) is 2.88. The van der Waals surface area contributed by atoms with Crippen molar-refractivity contribution in [3.05, 3.63) is 10.3 Å². The molecule has 1 aromatic rings. The van der Waals surface area contributed by atoms with E-state index >= 15 is 0 Å². The van der Waals surface area contributed by atoms with Crippen LogP contribution in [0.15, 0.2) is 4.60 Å². The molecule has 3 nitrogen and oxygen atoms in total. The fraction of sp³-hybridized carbons (Fsp3) is 0.700. The first-order valence-corrected chi connectivity index (χ1v) is 6.05. The van der Waals surface area contributed by atoms with Gasteiger partial charge in [-0.05, 0) is 34.7 Å². The van der Waals surface area contributed by atoms with E-state index in [1.807, 2.05) is 0 Å². The van der Waals surface area contributed by atoms with E-state index in [-0.39, 0.29) is 0 Å². The summed E-state index contributed by atoms with van der Waals surface area (Å²) in [5, 5.41) is 0. The lowest BCUT2D eigenvalue weighted by Gasteiger charge is -2.06. The number of H-pyrrole nitrogens is 1. The van der Waals surface area contributed by atoms with Gasteiger partial charge in [-0.3, -0.25) is 0 Å². The SMILES string of the molecule is Nc1nc(Br)c(CCC2CCCC2)[nH]1. The predicted molar refractivity (Wildman–Crippen MR) is 61.0 cm³/mol. The number of nitrogens with zero attached hydrogens (tertiary/aromatic N) is 1. The van der Waals surface area contributed by atoms with Crippen LogP contribution in [0.5, 0.6) is 0 Å². The van der Waals surface area contributed by atoms with Gasteiger partial charge in [-0.2, -0.15) is 0 Å². The van der Waals surface area contributed by atoms with E-state index in [0.29, 0.717) is 5.95 Å². The summed E-state index contributed by atoms with van der Waals surface area (Å²) in [5.74, 6) is 1.43. The Labute approximate surface area is 92.6 Å². The molecule has 0 saturated heterocycles. The van der Waals surface area contributed by atoms with Crippen LogP contribution in [0.4, 0.5) is 5.95 Å².